The lowest BCUT2D eigenvalue weighted by molar-refractivity contribution is -0.574. The molecule has 3 heterocycles. The average Bonchev–Trinajstić information content (AvgIpc) is 0.798. The third kappa shape index (κ3) is 8.36. The molecule has 0 saturated heterocycles. The Hall–Kier alpha value is -8.58. The lowest BCUT2D eigenvalue weighted by Gasteiger charge is -2.34. The third-order valence-electron chi connectivity index (χ3n) is 13.4. The van der Waals surface area contributed by atoms with Crippen molar-refractivity contribution in [3.05, 3.63) is 259 Å². The molecule has 0 radical (unpaired) electrons. The van der Waals surface area contributed by atoms with E-state index in [0.717, 1.165) is 22.2 Å². The second-order valence-corrected chi connectivity index (χ2v) is 23.7. The van der Waals surface area contributed by atoms with Crippen LogP contribution in [0.2, 0.25) is 0 Å². The van der Waals surface area contributed by atoms with Gasteiger partial charge in [-0.05, 0) is 103 Å². The monoisotopic (exact) mass is 1010 g/mol. The molecule has 12 rings (SSSR count). The van der Waals surface area contributed by atoms with Crippen LogP contribution in [0.25, 0.3) is 61.2 Å². The summed E-state index contributed by atoms with van der Waals surface area (Å²) in [5.74, 6) is 0.657. The Labute approximate surface area is 474 Å². The van der Waals surface area contributed by atoms with Gasteiger partial charge in [0.1, 0.15) is 17.3 Å². The zero-order valence-corrected chi connectivity index (χ0v) is 42.7. The number of nitrogens with zero attached hydrogens (tertiary/aromatic N) is 4. The van der Waals surface area contributed by atoms with Gasteiger partial charge < -0.3 is 4.74 Å². The van der Waals surface area contributed by atoms with E-state index < -0.39 is 162 Å². The van der Waals surface area contributed by atoms with Crippen LogP contribution in [-0.2, 0) is 10.8 Å². The van der Waals surface area contributed by atoms with Crippen molar-refractivity contribution >= 4 is 61.7 Å². The number of ether oxygens (including phenoxy) is 1. The van der Waals surface area contributed by atoms with Gasteiger partial charge in [0.2, 0.25) is 0 Å². The van der Waals surface area contributed by atoms with Gasteiger partial charge in [0, 0.05) is 32.7 Å². The standard InChI is InChI=1S/C69H60N4OSi/c1-48-42-66(70-46-59(48)49-24-12-8-13-25-49)73-62-37-21-20-34-57(62)58-40-38-52(44-64(58)73)74-51-27-22-26-50(43-51)71-47-72(67-60(68(2,3)4)35-23-36-61(67)69(5,6)7)63-41-39-56(45-65(63)71)75(53-28-14-9-15-29-53,54-30-16-10-17-31-54)55-32-18-11-19-33-55/h8-46H,1-7H3/i1D3,8D,9D,10D,11D,12D,13D,14D,15D,16D,17D,18D,19D,24D,25D,28D,29D,30D,31D,32D,33D. The molecule has 3 aromatic heterocycles. The highest BCUT2D eigenvalue weighted by atomic mass is 28.3. The van der Waals surface area contributed by atoms with Crippen molar-refractivity contribution in [2.75, 3.05) is 0 Å². The van der Waals surface area contributed by atoms with Crippen LogP contribution >= 0.6 is 0 Å². The fraction of sp³-hybridized carbons (Fsp3) is 0.130. The van der Waals surface area contributed by atoms with E-state index in [4.69, 9.17) is 33.0 Å². The predicted octanol–water partition coefficient (Wildman–Crippen LogP) is 13.9. The van der Waals surface area contributed by atoms with Crippen LogP contribution in [0.15, 0.2) is 236 Å². The number of rotatable bonds is 10. The minimum absolute atomic E-state index is 0.110. The van der Waals surface area contributed by atoms with E-state index in [1.54, 1.807) is 57.7 Å². The molecule has 6 heteroatoms. The van der Waals surface area contributed by atoms with Gasteiger partial charge in [0.25, 0.3) is 6.33 Å². The van der Waals surface area contributed by atoms with Crippen molar-refractivity contribution in [3.63, 3.8) is 0 Å². The number of hydrogen-bond donors (Lipinski definition) is 0. The van der Waals surface area contributed by atoms with Gasteiger partial charge >= 0.3 is 0 Å². The Morgan fingerprint density at radius 3 is 1.76 bits per heavy atom. The molecule has 0 aliphatic rings. The van der Waals surface area contributed by atoms with Crippen molar-refractivity contribution in [2.45, 2.75) is 59.2 Å². The third-order valence-corrected chi connectivity index (χ3v) is 17.6. The number of benzene rings is 9. The fourth-order valence-corrected chi connectivity index (χ4v) is 13.9. The number of aromatic nitrogens is 4. The molecule has 9 aromatic carbocycles. The maximum absolute atomic E-state index is 9.76. The zero-order chi connectivity index (χ0) is 71.4. The van der Waals surface area contributed by atoms with Crippen LogP contribution < -0.4 is 30.1 Å². The van der Waals surface area contributed by atoms with Crippen molar-refractivity contribution in [3.8, 4) is 39.8 Å². The van der Waals surface area contributed by atoms with Crippen LogP contribution in [0.1, 0.15) is 89.8 Å². The molecule has 5 nitrogen and oxygen atoms in total. The van der Waals surface area contributed by atoms with Crippen molar-refractivity contribution in [2.24, 2.45) is 0 Å². The summed E-state index contributed by atoms with van der Waals surface area (Å²) in [7, 11) is -5.61. The van der Waals surface area contributed by atoms with Gasteiger partial charge in [-0.1, -0.05) is 223 Å². The fourth-order valence-electron chi connectivity index (χ4n) is 10.0. The van der Waals surface area contributed by atoms with Crippen LogP contribution in [0, 0.1) is 13.2 Å². The second kappa shape index (κ2) is 18.7. The highest BCUT2D eigenvalue weighted by molar-refractivity contribution is 7.20. The van der Waals surface area contributed by atoms with Gasteiger partial charge in [-0.3, -0.25) is 13.7 Å². The average molecular weight is 1010 g/mol. The van der Waals surface area contributed by atoms with Crippen molar-refractivity contribution < 1.29 is 40.8 Å². The maximum Gasteiger partial charge on any atom is 0.269 e. The summed E-state index contributed by atoms with van der Waals surface area (Å²) in [6.45, 7) is 9.48. The number of pyridine rings is 1. The number of imidazole rings is 1. The smallest absolute Gasteiger partial charge is 0.269 e. The Morgan fingerprint density at radius 1 is 0.547 bits per heavy atom. The molecule has 12 aromatic rings. The Bertz CT molecular complexity index is 5100. The first kappa shape index (κ1) is 28.2. The van der Waals surface area contributed by atoms with Crippen LogP contribution in [0.5, 0.6) is 11.5 Å². The normalized spacial score (nSPS) is 16.7. The first-order valence-electron chi connectivity index (χ1n) is 35.6. The quantitative estimate of drug-likeness (QED) is 0.0592. The molecular weight excluding hydrogens is 929 g/mol. The Morgan fingerprint density at radius 2 is 1.13 bits per heavy atom. The van der Waals surface area contributed by atoms with Gasteiger partial charge in [-0.25, -0.2) is 4.98 Å². The molecule has 0 saturated carbocycles. The van der Waals surface area contributed by atoms with Crippen molar-refractivity contribution in [1.29, 1.82) is 0 Å². The van der Waals surface area contributed by atoms with Gasteiger partial charge in [0.15, 0.2) is 8.07 Å². The van der Waals surface area contributed by atoms with Crippen LogP contribution in [-0.4, -0.2) is 22.2 Å². The first-order valence-corrected chi connectivity index (χ1v) is 26.1. The summed E-state index contributed by atoms with van der Waals surface area (Å²) < 4.78 is 220. The summed E-state index contributed by atoms with van der Waals surface area (Å²) in [5.41, 5.74) is 2.77. The summed E-state index contributed by atoms with van der Waals surface area (Å²) >= 11 is 0. The summed E-state index contributed by atoms with van der Waals surface area (Å²) in [5, 5.41) is -0.580. The highest BCUT2D eigenvalue weighted by Gasteiger charge is 2.42. The molecule has 0 unspecified atom stereocenters. The topological polar surface area (TPSA) is 35.9 Å². The molecule has 0 atom stereocenters. The van der Waals surface area contributed by atoms with E-state index in [0.29, 0.717) is 27.6 Å². The molecule has 0 bridgehead atoms. The maximum atomic E-state index is 9.76. The zero-order valence-electron chi connectivity index (χ0n) is 64.7. The Balaban J connectivity index is 1.14. The van der Waals surface area contributed by atoms with E-state index in [2.05, 4.69) is 47.9 Å². The minimum atomic E-state index is -5.61. The molecular formula is C69H60N4OSi. The summed E-state index contributed by atoms with van der Waals surface area (Å²) in [4.78, 5) is 4.71. The molecule has 0 amide bonds. The summed E-state index contributed by atoms with van der Waals surface area (Å²) in [6, 6.07) is 14.9. The number of hydrogen-bond acceptors (Lipinski definition) is 2. The van der Waals surface area contributed by atoms with Gasteiger partial charge in [-0.2, -0.15) is 0 Å². The molecule has 366 valence electrons. The second-order valence-electron chi connectivity index (χ2n) is 20.1. The molecule has 0 N–H and O–H groups in total. The number of aryl methyl sites for hydroxylation is 1. The van der Waals surface area contributed by atoms with E-state index in [1.807, 2.05) is 47.0 Å². The summed E-state index contributed by atoms with van der Waals surface area (Å²) in [6.07, 6.45) is 4.80. The SMILES string of the molecule is [2H]c1c([2H])c([2H])c(-c2cnc(-n3c4ccccc4c4ccc(Oc5cccc(-n6[c-][n+](-c7c(C(C)(C)C)cccc7C(C)(C)C)c7ccc([Si](c8c([2H])c([2H])c([2H])c([2H])c8[2H])(c8c([2H])c([2H])c([2H])c([2H])c8[2H])c8c([2H])c([2H])c([2H])c([2H])c8[2H])cc76)c5)cc43)cc2C([2H])([2H])[2H])c([2H])c1[2H]. The molecule has 75 heavy (non-hydrogen) atoms. The minimum Gasteiger partial charge on any atom is -0.458 e. The molecule has 0 aliphatic heterocycles. The highest BCUT2D eigenvalue weighted by Crippen LogP contribution is 2.38. The van der Waals surface area contributed by atoms with E-state index >= 15 is 0 Å². The number of fused-ring (bicyclic) bond motifs is 4. The molecule has 0 fully saturated rings. The van der Waals surface area contributed by atoms with Crippen LogP contribution in [0.4, 0.5) is 0 Å². The largest absolute Gasteiger partial charge is 0.458 e. The lowest BCUT2D eigenvalue weighted by atomic mass is 9.78. The lowest BCUT2D eigenvalue weighted by Crippen LogP contribution is -2.74. The molecule has 0 aliphatic carbocycles. The Kier molecular flexibility index (Phi) is 7.04. The molecule has 0 spiro atoms. The van der Waals surface area contributed by atoms with E-state index in [9.17, 15) is 8.22 Å². The van der Waals surface area contributed by atoms with Crippen molar-refractivity contribution in [1.82, 2.24) is 14.1 Å². The van der Waals surface area contributed by atoms with Crippen LogP contribution in [0.3, 0.4) is 0 Å². The van der Waals surface area contributed by atoms with E-state index in [1.165, 1.54) is 24.4 Å². The van der Waals surface area contributed by atoms with E-state index in [-0.39, 0.29) is 44.7 Å². The first-order chi connectivity index (χ1) is 45.9. The number of para-hydroxylation sites is 2. The van der Waals surface area contributed by atoms with Gasteiger partial charge in [-0.15, -0.1) is 0 Å². The van der Waals surface area contributed by atoms with Gasteiger partial charge in [0.05, 0.1) is 60.9 Å². The predicted molar refractivity (Wildman–Crippen MR) is 313 cm³/mol.